The summed E-state index contributed by atoms with van der Waals surface area (Å²) in [6.07, 6.45) is 0. The lowest BCUT2D eigenvalue weighted by molar-refractivity contribution is 0.103. The molecular weight excluding hydrogens is 352 g/mol. The highest BCUT2D eigenvalue weighted by Gasteiger charge is 2.16. The maximum atomic E-state index is 12.3. The van der Waals surface area contributed by atoms with Gasteiger partial charge in [-0.05, 0) is 44.0 Å². The zero-order chi connectivity index (χ0) is 15.6. The molecule has 0 aliphatic carbocycles. The highest BCUT2D eigenvalue weighted by molar-refractivity contribution is 9.10. The smallest absolute Gasteiger partial charge is 0.269 e. The van der Waals surface area contributed by atoms with E-state index < -0.39 is 0 Å². The number of nitrogens with zero attached hydrogens (tertiary/aromatic N) is 1. The van der Waals surface area contributed by atoms with Crippen LogP contribution in [0, 0.1) is 13.8 Å². The number of carbonyl (C=O) groups is 1. The molecule has 1 aromatic heterocycles. The summed E-state index contributed by atoms with van der Waals surface area (Å²) in [5, 5.41) is 6.58. The summed E-state index contributed by atoms with van der Waals surface area (Å²) >= 11 is 4.76. The maximum absolute atomic E-state index is 12.3. The van der Waals surface area contributed by atoms with Crippen LogP contribution in [0.15, 0.2) is 16.6 Å². The number of rotatable bonds is 4. The van der Waals surface area contributed by atoms with Gasteiger partial charge in [-0.25, -0.2) is 4.98 Å². The molecule has 0 bridgehead atoms. The Kier molecular flexibility index (Phi) is 4.84. The summed E-state index contributed by atoms with van der Waals surface area (Å²) in [4.78, 5) is 16.8. The molecule has 7 heteroatoms. The van der Waals surface area contributed by atoms with E-state index in [1.807, 2.05) is 32.9 Å². The zero-order valence-corrected chi connectivity index (χ0v) is 14.5. The predicted octanol–water partition coefficient (Wildman–Crippen LogP) is 3.79. The number of anilines is 3. The number of carbonyl (C=O) groups excluding carboxylic acids is 1. The molecule has 4 N–H and O–H groups in total. The third-order valence-corrected chi connectivity index (χ3v) is 5.16. The minimum atomic E-state index is -0.240. The van der Waals surface area contributed by atoms with Gasteiger partial charge >= 0.3 is 0 Å². The number of hydrogen-bond acceptors (Lipinski definition) is 5. The van der Waals surface area contributed by atoms with Crippen LogP contribution in [0.2, 0.25) is 0 Å². The Morgan fingerprint density at radius 2 is 2.00 bits per heavy atom. The fourth-order valence-corrected chi connectivity index (χ4v) is 3.00. The highest BCUT2D eigenvalue weighted by Crippen LogP contribution is 2.28. The predicted molar refractivity (Wildman–Crippen MR) is 92.3 cm³/mol. The fourth-order valence-electron chi connectivity index (χ4n) is 1.93. The number of aromatic nitrogens is 1. The number of benzene rings is 1. The van der Waals surface area contributed by atoms with Gasteiger partial charge in [0.25, 0.3) is 5.91 Å². The Morgan fingerprint density at radius 1 is 1.38 bits per heavy atom. The van der Waals surface area contributed by atoms with Crippen LogP contribution in [0.4, 0.5) is 16.6 Å². The lowest BCUT2D eigenvalue weighted by Gasteiger charge is -2.09. The van der Waals surface area contributed by atoms with Gasteiger partial charge in [-0.3, -0.25) is 4.79 Å². The normalized spacial score (nSPS) is 10.5. The van der Waals surface area contributed by atoms with Gasteiger partial charge in [0.2, 0.25) is 0 Å². The van der Waals surface area contributed by atoms with E-state index in [-0.39, 0.29) is 11.7 Å². The topological polar surface area (TPSA) is 80.0 Å². The molecule has 21 heavy (non-hydrogen) atoms. The van der Waals surface area contributed by atoms with Crippen molar-refractivity contribution in [3.05, 3.63) is 32.6 Å². The van der Waals surface area contributed by atoms with Crippen molar-refractivity contribution in [3.63, 3.8) is 0 Å². The molecule has 2 rings (SSSR count). The third kappa shape index (κ3) is 3.54. The monoisotopic (exact) mass is 368 g/mol. The molecule has 0 radical (unpaired) electrons. The first-order chi connectivity index (χ1) is 9.92. The molecule has 0 saturated carbocycles. The van der Waals surface area contributed by atoms with Crippen LogP contribution >= 0.6 is 27.3 Å². The van der Waals surface area contributed by atoms with Crippen LogP contribution in [0.3, 0.4) is 0 Å². The lowest BCUT2D eigenvalue weighted by Crippen LogP contribution is -2.12. The van der Waals surface area contributed by atoms with Crippen LogP contribution in [-0.4, -0.2) is 17.4 Å². The van der Waals surface area contributed by atoms with Gasteiger partial charge in [0, 0.05) is 16.7 Å². The summed E-state index contributed by atoms with van der Waals surface area (Å²) in [6, 6.07) is 3.83. The van der Waals surface area contributed by atoms with E-state index in [4.69, 9.17) is 5.73 Å². The standard InChI is InChI=1S/C14H17BrN4OS/c1-4-17-14-19-12(16)11(21-14)13(20)18-9-5-7(2)10(15)8(3)6-9/h5-6H,4,16H2,1-3H3,(H,17,19)(H,18,20). The van der Waals surface area contributed by atoms with Crippen molar-refractivity contribution in [1.82, 2.24) is 4.98 Å². The van der Waals surface area contributed by atoms with Gasteiger partial charge in [-0.1, -0.05) is 27.3 Å². The molecule has 0 saturated heterocycles. The second kappa shape index (κ2) is 6.44. The maximum Gasteiger partial charge on any atom is 0.269 e. The summed E-state index contributed by atoms with van der Waals surface area (Å²) in [7, 11) is 0. The molecule has 1 amide bonds. The highest BCUT2D eigenvalue weighted by atomic mass is 79.9. The van der Waals surface area contributed by atoms with Crippen LogP contribution in [0.5, 0.6) is 0 Å². The Bertz CT molecular complexity index is 661. The average Bonchev–Trinajstić information content (AvgIpc) is 2.77. The van der Waals surface area contributed by atoms with E-state index in [1.165, 1.54) is 11.3 Å². The number of aryl methyl sites for hydroxylation is 2. The Hall–Kier alpha value is -1.60. The van der Waals surface area contributed by atoms with Crippen molar-refractivity contribution < 1.29 is 4.79 Å². The number of thiazole rings is 1. The number of hydrogen-bond donors (Lipinski definition) is 3. The van der Waals surface area contributed by atoms with Crippen molar-refractivity contribution >= 4 is 49.8 Å². The summed E-state index contributed by atoms with van der Waals surface area (Å²) in [5.74, 6) is 0.00859. The van der Waals surface area contributed by atoms with Crippen molar-refractivity contribution in [2.45, 2.75) is 20.8 Å². The number of nitrogens with one attached hydrogen (secondary N) is 2. The van der Waals surface area contributed by atoms with Crippen molar-refractivity contribution in [3.8, 4) is 0 Å². The van der Waals surface area contributed by atoms with Crippen molar-refractivity contribution in [2.75, 3.05) is 22.9 Å². The molecule has 112 valence electrons. The van der Waals surface area contributed by atoms with Crippen molar-refractivity contribution in [1.29, 1.82) is 0 Å². The van der Waals surface area contributed by atoms with Gasteiger partial charge in [-0.2, -0.15) is 0 Å². The Balaban J connectivity index is 2.22. The minimum Gasteiger partial charge on any atom is -0.382 e. The second-order valence-electron chi connectivity index (χ2n) is 4.64. The molecular formula is C14H17BrN4OS. The molecule has 0 atom stereocenters. The molecule has 0 aliphatic heterocycles. The molecule has 1 aromatic carbocycles. The van der Waals surface area contributed by atoms with Gasteiger partial charge in [0.05, 0.1) is 0 Å². The first kappa shape index (κ1) is 15.8. The zero-order valence-electron chi connectivity index (χ0n) is 12.1. The third-order valence-electron chi connectivity index (χ3n) is 2.88. The minimum absolute atomic E-state index is 0.240. The van der Waals surface area contributed by atoms with Crippen LogP contribution in [0.1, 0.15) is 27.7 Å². The van der Waals surface area contributed by atoms with Gasteiger partial charge in [0.15, 0.2) is 5.13 Å². The van der Waals surface area contributed by atoms with Crippen LogP contribution in [-0.2, 0) is 0 Å². The van der Waals surface area contributed by atoms with Gasteiger partial charge in [0.1, 0.15) is 10.7 Å². The van der Waals surface area contributed by atoms with E-state index in [1.54, 1.807) is 0 Å². The quantitative estimate of drug-likeness (QED) is 0.766. The second-order valence-corrected chi connectivity index (χ2v) is 6.43. The molecule has 0 aliphatic rings. The van der Waals surface area contributed by atoms with E-state index >= 15 is 0 Å². The molecule has 0 spiro atoms. The van der Waals surface area contributed by atoms with E-state index in [2.05, 4.69) is 31.5 Å². The lowest BCUT2D eigenvalue weighted by atomic mass is 10.1. The van der Waals surface area contributed by atoms with Gasteiger partial charge < -0.3 is 16.4 Å². The van der Waals surface area contributed by atoms with Crippen molar-refractivity contribution in [2.24, 2.45) is 0 Å². The molecule has 0 unspecified atom stereocenters. The summed E-state index contributed by atoms with van der Waals surface area (Å²) in [5.41, 5.74) is 8.68. The Labute approximate surface area is 136 Å². The molecule has 1 heterocycles. The molecule has 2 aromatic rings. The number of amides is 1. The summed E-state index contributed by atoms with van der Waals surface area (Å²) in [6.45, 7) is 6.66. The Morgan fingerprint density at radius 3 is 2.57 bits per heavy atom. The van der Waals surface area contributed by atoms with Crippen LogP contribution in [0.25, 0.3) is 0 Å². The fraction of sp³-hybridized carbons (Fsp3) is 0.286. The SMILES string of the molecule is CCNc1nc(N)c(C(=O)Nc2cc(C)c(Br)c(C)c2)s1. The molecule has 0 fully saturated rings. The first-order valence-corrected chi connectivity index (χ1v) is 8.11. The van der Waals surface area contributed by atoms with E-state index in [0.717, 1.165) is 27.8 Å². The first-order valence-electron chi connectivity index (χ1n) is 6.50. The number of nitrogen functional groups attached to an aromatic ring is 1. The molecule has 5 nitrogen and oxygen atoms in total. The number of nitrogens with two attached hydrogens (primary N) is 1. The van der Waals surface area contributed by atoms with Gasteiger partial charge in [-0.15, -0.1) is 0 Å². The summed E-state index contributed by atoms with van der Waals surface area (Å²) < 4.78 is 1.05. The average molecular weight is 369 g/mol. The van der Waals surface area contributed by atoms with E-state index in [9.17, 15) is 4.79 Å². The largest absolute Gasteiger partial charge is 0.382 e. The van der Waals surface area contributed by atoms with E-state index in [0.29, 0.717) is 10.0 Å². The number of halogens is 1. The van der Waals surface area contributed by atoms with Crippen LogP contribution < -0.4 is 16.4 Å².